The number of hydrogen-bond donors (Lipinski definition) is 0. The number of pyridine rings is 9. The van der Waals surface area contributed by atoms with E-state index in [0.29, 0.717) is 34.9 Å². The van der Waals surface area contributed by atoms with Crippen molar-refractivity contribution in [2.45, 2.75) is 251 Å². The monoisotopic (exact) mass is 2440 g/mol. The number of aromatic nitrogens is 9. The summed E-state index contributed by atoms with van der Waals surface area (Å²) in [4.78, 5) is 40.7. The van der Waals surface area contributed by atoms with Gasteiger partial charge in [-0.1, -0.05) is 304 Å². The van der Waals surface area contributed by atoms with E-state index in [2.05, 4.69) is 346 Å². The fraction of sp³-hybridized carbons (Fsp3) is 0.336. The fourth-order valence-electron chi connectivity index (χ4n) is 17.8. The molecule has 0 aliphatic heterocycles. The predicted molar refractivity (Wildman–Crippen MR) is 582 cm³/mol. The third-order valence-electron chi connectivity index (χ3n) is 25.1. The molecule has 140 heavy (non-hydrogen) atoms. The quantitative estimate of drug-likeness (QED) is 0.0668. The molecule has 0 amide bonds. The molecule has 18 heteroatoms. The summed E-state index contributed by atoms with van der Waals surface area (Å²) in [6.45, 7) is 59.6. The van der Waals surface area contributed by atoms with E-state index < -0.39 is 24.2 Å². The molecule has 1 fully saturated rings. The zero-order valence-electron chi connectivity index (χ0n) is 86.7. The van der Waals surface area contributed by atoms with Crippen molar-refractivity contribution in [2.24, 2.45) is 17.3 Å². The molecule has 733 valence electrons. The molecule has 0 N–H and O–H groups in total. The van der Waals surface area contributed by atoms with Gasteiger partial charge < -0.3 is 43.2 Å². The second-order valence-electron chi connectivity index (χ2n) is 44.4. The maximum Gasteiger partial charge on any atom is 0.216 e. The maximum absolute atomic E-state index is 5.98. The van der Waals surface area contributed by atoms with Crippen LogP contribution in [0, 0.1) is 67.5 Å². The molecule has 1 aliphatic rings. The Morgan fingerprint density at radius 1 is 0.364 bits per heavy atom. The fourth-order valence-corrected chi connectivity index (χ4v) is 22.6. The molecular formula is C122H137Ir3N9O3Si3-6. The number of benzene rings is 6. The second kappa shape index (κ2) is 47.3. The first-order chi connectivity index (χ1) is 65.0. The summed E-state index contributed by atoms with van der Waals surface area (Å²) < 4.78 is 17.8. The average Bonchev–Trinajstić information content (AvgIpc) is 1.62. The molecule has 0 atom stereocenters. The van der Waals surface area contributed by atoms with E-state index >= 15 is 0 Å². The third-order valence-corrected chi connectivity index (χ3v) is 31.3. The van der Waals surface area contributed by atoms with E-state index in [9.17, 15) is 0 Å². The number of furan rings is 3. The summed E-state index contributed by atoms with van der Waals surface area (Å²) in [5, 5.41) is 10.7. The van der Waals surface area contributed by atoms with Crippen molar-refractivity contribution in [3.8, 4) is 67.5 Å². The molecule has 18 aromatic rings. The van der Waals surface area contributed by atoms with E-state index in [-0.39, 0.29) is 76.6 Å². The molecule has 12 nitrogen and oxygen atoms in total. The topological polar surface area (TPSA) is 155 Å². The van der Waals surface area contributed by atoms with Gasteiger partial charge in [0.05, 0.1) is 41.0 Å². The summed E-state index contributed by atoms with van der Waals surface area (Å²) in [5.41, 5.74) is 28.6. The van der Waals surface area contributed by atoms with Gasteiger partial charge in [0, 0.05) is 132 Å². The number of fused-ring (bicyclic) bond motifs is 9. The molecule has 19 rings (SSSR count). The van der Waals surface area contributed by atoms with E-state index in [1.807, 2.05) is 116 Å². The van der Waals surface area contributed by atoms with Gasteiger partial charge >= 0.3 is 0 Å². The largest absolute Gasteiger partial charge is 0.486 e. The molecule has 1 saturated carbocycles. The predicted octanol–water partition coefficient (Wildman–Crippen LogP) is 31.2. The first kappa shape index (κ1) is 110. The van der Waals surface area contributed by atoms with Crippen LogP contribution in [-0.2, 0) is 90.4 Å². The molecule has 12 aromatic heterocycles. The third kappa shape index (κ3) is 28.0. The first-order valence-electron chi connectivity index (χ1n) is 48.9. The number of nitrogens with zero attached hydrogens (tertiary/aromatic N) is 9. The van der Waals surface area contributed by atoms with Crippen LogP contribution in [0.15, 0.2) is 251 Å². The van der Waals surface area contributed by atoms with Crippen molar-refractivity contribution in [3.05, 3.63) is 324 Å². The Morgan fingerprint density at radius 3 is 1.19 bits per heavy atom. The summed E-state index contributed by atoms with van der Waals surface area (Å²) in [7, 11) is -4.16. The molecular weight excluding hydrogens is 2300 g/mol. The first-order valence-corrected chi connectivity index (χ1v) is 59.4. The van der Waals surface area contributed by atoms with Gasteiger partial charge in [-0.05, 0) is 171 Å². The molecule has 6 aromatic carbocycles. The van der Waals surface area contributed by atoms with Gasteiger partial charge in [0.2, 0.25) is 17.1 Å². The van der Waals surface area contributed by atoms with Gasteiger partial charge in [0.25, 0.3) is 0 Å². The van der Waals surface area contributed by atoms with Gasteiger partial charge in [0.15, 0.2) is 0 Å². The molecule has 0 saturated heterocycles. The zero-order chi connectivity index (χ0) is 98.1. The Labute approximate surface area is 876 Å². The van der Waals surface area contributed by atoms with Crippen molar-refractivity contribution in [1.29, 1.82) is 0 Å². The van der Waals surface area contributed by atoms with Gasteiger partial charge in [-0.2, -0.15) is 0 Å². The summed E-state index contributed by atoms with van der Waals surface area (Å²) >= 11 is 0. The van der Waals surface area contributed by atoms with Gasteiger partial charge in [-0.15, -0.1) is 161 Å². The molecule has 3 radical (unpaired) electrons. The number of aryl methyl sites for hydroxylation is 2. The van der Waals surface area contributed by atoms with E-state index in [1.54, 1.807) is 18.6 Å². The Hall–Kier alpha value is -10.3. The normalized spacial score (nSPS) is 12.6. The van der Waals surface area contributed by atoms with Crippen LogP contribution >= 0.6 is 0 Å². The number of hydrogen-bond acceptors (Lipinski definition) is 12. The standard InChI is InChI=1S/C25H36NSi.2C22H32NSi.C19H15N2O.C18H13N2O.C16H9N2O.3Ir/c1-25(2,3)17-22-16-23(26-18-24(22)27(4,5)6)21-14-12-20(13-15-21)19-10-8-7-9-11-19;2*1-16(2)13-18-14-20(23-15-21(18)24(6,7)8)17-9-11-19(12-10-17)22(3,4)5;1-12(2)13-8-10-20-17(11-13)16-6-3-5-14-15-7-4-9-21-19(15)22-18(14)16;1-11-8-9-19-16(10-11)15-5-3-4-13-14-7-6-12(2)20-18(14)21-17(13)15;1-2-9-17-14(8-1)13-6-3-5-11-12-7-4-10-18-16(12)19-15(11)13;;;/h12-14,16,18-19H,7-11,17H2,1-6H3;2*9,11-12,14-16H,13H2,1-8H3;3-5,7-12H,1-2H3;3-4,6-10H,1-2H3;1-5,7-10H;;;/q6*-1;;;. The summed E-state index contributed by atoms with van der Waals surface area (Å²) in [6.07, 6.45) is 25.5. The van der Waals surface area contributed by atoms with Crippen molar-refractivity contribution in [2.75, 3.05) is 0 Å². The van der Waals surface area contributed by atoms with Crippen molar-refractivity contribution >= 4 is 106 Å². The smallest absolute Gasteiger partial charge is 0.216 e. The molecule has 12 heterocycles. The van der Waals surface area contributed by atoms with Crippen LogP contribution in [0.5, 0.6) is 0 Å². The van der Waals surface area contributed by atoms with Gasteiger partial charge in [0.1, 0.15) is 0 Å². The molecule has 1 aliphatic carbocycles. The van der Waals surface area contributed by atoms with Crippen molar-refractivity contribution < 1.29 is 73.6 Å². The molecule has 0 spiro atoms. The van der Waals surface area contributed by atoms with Crippen molar-refractivity contribution in [3.63, 3.8) is 0 Å². The Bertz CT molecular complexity index is 7040. The van der Waals surface area contributed by atoms with E-state index in [1.165, 1.54) is 86.6 Å². The Balaban J connectivity index is 0.000000160. The van der Waals surface area contributed by atoms with Crippen LogP contribution < -0.4 is 15.6 Å². The molecule has 0 unspecified atom stereocenters. The van der Waals surface area contributed by atoms with Crippen LogP contribution in [0.4, 0.5) is 0 Å². The van der Waals surface area contributed by atoms with Gasteiger partial charge in [-0.3, -0.25) is 0 Å². The summed E-state index contributed by atoms with van der Waals surface area (Å²) in [5.74, 6) is 2.51. The Kier molecular flexibility index (Phi) is 37.1. The average molecular weight is 2440 g/mol. The van der Waals surface area contributed by atoms with E-state index in [4.69, 9.17) is 28.2 Å². The van der Waals surface area contributed by atoms with Crippen LogP contribution in [0.3, 0.4) is 0 Å². The van der Waals surface area contributed by atoms with E-state index in [0.717, 1.165) is 153 Å². The Morgan fingerprint density at radius 2 is 0.779 bits per heavy atom. The zero-order valence-corrected chi connectivity index (χ0v) is 96.9. The van der Waals surface area contributed by atoms with Crippen molar-refractivity contribution in [1.82, 2.24) is 44.9 Å². The minimum atomic E-state index is -1.41. The van der Waals surface area contributed by atoms with Crippen LogP contribution in [0.25, 0.3) is 134 Å². The minimum absolute atomic E-state index is 0. The van der Waals surface area contributed by atoms with Gasteiger partial charge in [-0.25, -0.2) is 15.0 Å². The van der Waals surface area contributed by atoms with Crippen LogP contribution in [0.2, 0.25) is 58.9 Å². The van der Waals surface area contributed by atoms with Crippen LogP contribution in [0.1, 0.15) is 198 Å². The maximum atomic E-state index is 5.98. The SMILES string of the molecule is CC(C)(C)Cc1cc(-c2[c-]cc(C3CCCCC3)cc2)ncc1[Si](C)(C)C.CC(C)Cc1cc(-c2[c-]cc(C(C)(C)C)cc2)ncc1[Si](C)(C)C.CC(C)Cc1cc(-c2[c-]cc(C(C)(C)C)cc2)ncc1[Si](C)(C)C.CC(C)c1ccnc(-c2[c-]ccc3c2oc2ncccc23)c1.Cc1ccnc(-c2[c-]ccc3c2oc2nc(C)ccc23)c1.[Ir].[Ir].[Ir].[c-]1ccc2c(oc3ncccc32)c1-c1ccccn1. The molecule has 0 bridgehead atoms. The van der Waals surface area contributed by atoms with Crippen LogP contribution in [-0.4, -0.2) is 69.1 Å². The second-order valence-corrected chi connectivity index (χ2v) is 59.5. The summed E-state index contributed by atoms with van der Waals surface area (Å²) in [6, 6.07) is 84.5. The minimum Gasteiger partial charge on any atom is -0.486 e. The number of rotatable bonds is 16.